The Morgan fingerprint density at radius 3 is 2.68 bits per heavy atom. The third kappa shape index (κ3) is 4.00. The summed E-state index contributed by atoms with van der Waals surface area (Å²) in [6, 6.07) is 8.65. The van der Waals surface area contributed by atoms with E-state index >= 15 is 0 Å². The molecule has 2 rings (SSSR count). The minimum absolute atomic E-state index is 0.0802. The zero-order valence-electron chi connectivity index (χ0n) is 10.2. The number of halogens is 1. The SMILES string of the molecule is O=C(c1ccccc1)N1CCOC(CS(=O)(=O)F)C1. The van der Waals surface area contributed by atoms with Gasteiger partial charge in [0.1, 0.15) is 5.75 Å². The standard InChI is InChI=1S/C12H14FNO4S/c13-19(16,17)9-11-8-14(6-7-18-11)12(15)10-4-2-1-3-5-10/h1-5,11H,6-9H2. The predicted molar refractivity (Wildman–Crippen MR) is 67.0 cm³/mol. The van der Waals surface area contributed by atoms with E-state index in [0.29, 0.717) is 12.1 Å². The molecule has 1 unspecified atom stereocenters. The van der Waals surface area contributed by atoms with Crippen molar-refractivity contribution >= 4 is 16.1 Å². The number of carbonyl (C=O) groups is 1. The first-order valence-electron chi connectivity index (χ1n) is 5.84. The van der Waals surface area contributed by atoms with Crippen molar-refractivity contribution in [1.29, 1.82) is 0 Å². The van der Waals surface area contributed by atoms with Crippen molar-refractivity contribution in [1.82, 2.24) is 4.90 Å². The van der Waals surface area contributed by atoms with Gasteiger partial charge in [0.15, 0.2) is 0 Å². The minimum atomic E-state index is -4.60. The van der Waals surface area contributed by atoms with Gasteiger partial charge < -0.3 is 9.64 Å². The third-order valence-corrected chi connectivity index (χ3v) is 3.60. The molecule has 0 spiro atoms. The van der Waals surface area contributed by atoms with E-state index in [1.54, 1.807) is 30.3 Å². The Hall–Kier alpha value is -1.47. The summed E-state index contributed by atoms with van der Waals surface area (Å²) in [5.74, 6) is -0.920. The highest BCUT2D eigenvalue weighted by atomic mass is 32.3. The van der Waals surface area contributed by atoms with Crippen molar-refractivity contribution in [3.63, 3.8) is 0 Å². The quantitative estimate of drug-likeness (QED) is 0.772. The lowest BCUT2D eigenvalue weighted by molar-refractivity contribution is -0.0112. The van der Waals surface area contributed by atoms with Gasteiger partial charge in [-0.05, 0) is 12.1 Å². The lowest BCUT2D eigenvalue weighted by atomic mass is 10.2. The molecule has 7 heteroatoms. The maximum Gasteiger partial charge on any atom is 0.305 e. The summed E-state index contributed by atoms with van der Waals surface area (Å²) in [7, 11) is -4.60. The fourth-order valence-corrected chi connectivity index (χ4v) is 2.64. The van der Waals surface area contributed by atoms with Gasteiger partial charge in [0.05, 0.1) is 12.7 Å². The molecule has 0 aliphatic carbocycles. The molecule has 1 heterocycles. The van der Waals surface area contributed by atoms with Crippen molar-refractivity contribution < 1.29 is 21.8 Å². The Morgan fingerprint density at radius 2 is 2.05 bits per heavy atom. The minimum Gasteiger partial charge on any atom is -0.373 e. The van der Waals surface area contributed by atoms with Crippen LogP contribution in [0.25, 0.3) is 0 Å². The summed E-state index contributed by atoms with van der Waals surface area (Å²) >= 11 is 0. The molecule has 1 saturated heterocycles. The number of hydrogen-bond acceptors (Lipinski definition) is 4. The molecule has 104 valence electrons. The number of carbonyl (C=O) groups excluding carboxylic acids is 1. The van der Waals surface area contributed by atoms with Crippen LogP contribution in [0.1, 0.15) is 10.4 Å². The summed E-state index contributed by atoms with van der Waals surface area (Å²) in [6.45, 7) is 0.659. The number of benzene rings is 1. The molecule has 0 aromatic heterocycles. The molecule has 1 aromatic rings. The molecule has 0 bridgehead atoms. The van der Waals surface area contributed by atoms with E-state index in [9.17, 15) is 17.1 Å². The fraction of sp³-hybridized carbons (Fsp3) is 0.417. The van der Waals surface area contributed by atoms with E-state index in [1.807, 2.05) is 0 Å². The van der Waals surface area contributed by atoms with Crippen molar-refractivity contribution in [3.05, 3.63) is 35.9 Å². The Balaban J connectivity index is 2.03. The molecular weight excluding hydrogens is 273 g/mol. The average molecular weight is 287 g/mol. The maximum atomic E-state index is 12.6. The lowest BCUT2D eigenvalue weighted by Gasteiger charge is -2.32. The summed E-state index contributed by atoms with van der Waals surface area (Å²) in [4.78, 5) is 13.6. The summed E-state index contributed by atoms with van der Waals surface area (Å²) in [5.41, 5.74) is 0.520. The first-order chi connectivity index (χ1) is 8.96. The maximum absolute atomic E-state index is 12.6. The number of nitrogens with zero attached hydrogens (tertiary/aromatic N) is 1. The normalized spacial score (nSPS) is 20.3. The van der Waals surface area contributed by atoms with Gasteiger partial charge in [-0.3, -0.25) is 4.79 Å². The Bertz CT molecular complexity index is 546. The van der Waals surface area contributed by atoms with E-state index < -0.39 is 22.1 Å². The molecule has 0 N–H and O–H groups in total. The monoisotopic (exact) mass is 287 g/mol. The van der Waals surface area contributed by atoms with Crippen LogP contribution < -0.4 is 0 Å². The highest BCUT2D eigenvalue weighted by Gasteiger charge is 2.28. The second-order valence-electron chi connectivity index (χ2n) is 4.32. The van der Waals surface area contributed by atoms with Crippen molar-refractivity contribution in [3.8, 4) is 0 Å². The van der Waals surface area contributed by atoms with Crippen LogP contribution in [0.2, 0.25) is 0 Å². The molecule has 1 fully saturated rings. The van der Waals surface area contributed by atoms with Gasteiger partial charge in [0, 0.05) is 18.7 Å². The Labute approximate surface area is 111 Å². The lowest BCUT2D eigenvalue weighted by Crippen LogP contribution is -2.47. The van der Waals surface area contributed by atoms with E-state index in [1.165, 1.54) is 4.90 Å². The molecule has 1 aliphatic rings. The van der Waals surface area contributed by atoms with Crippen molar-refractivity contribution in [2.24, 2.45) is 0 Å². The van der Waals surface area contributed by atoms with Gasteiger partial charge in [-0.1, -0.05) is 18.2 Å². The molecule has 0 radical (unpaired) electrons. The average Bonchev–Trinajstić information content (AvgIpc) is 2.37. The van der Waals surface area contributed by atoms with Crippen molar-refractivity contribution in [2.75, 3.05) is 25.4 Å². The summed E-state index contributed by atoms with van der Waals surface area (Å²) < 4.78 is 39.0. The van der Waals surface area contributed by atoms with Crippen LogP contribution in [0.15, 0.2) is 30.3 Å². The molecule has 1 aliphatic heterocycles. The second-order valence-corrected chi connectivity index (χ2v) is 5.73. The van der Waals surface area contributed by atoms with Crippen molar-refractivity contribution in [2.45, 2.75) is 6.10 Å². The molecular formula is C12H14FNO4S. The molecule has 5 nitrogen and oxygen atoms in total. The number of rotatable bonds is 3. The van der Waals surface area contributed by atoms with Crippen LogP contribution in [0.5, 0.6) is 0 Å². The van der Waals surface area contributed by atoms with E-state index in [-0.39, 0.29) is 19.1 Å². The first-order valence-corrected chi connectivity index (χ1v) is 7.39. The van der Waals surface area contributed by atoms with Crippen LogP contribution >= 0.6 is 0 Å². The number of hydrogen-bond donors (Lipinski definition) is 0. The smallest absolute Gasteiger partial charge is 0.305 e. The van der Waals surface area contributed by atoms with E-state index in [2.05, 4.69) is 0 Å². The Morgan fingerprint density at radius 1 is 1.37 bits per heavy atom. The molecule has 19 heavy (non-hydrogen) atoms. The molecule has 1 amide bonds. The largest absolute Gasteiger partial charge is 0.373 e. The molecule has 0 saturated carbocycles. The molecule has 1 aromatic carbocycles. The van der Waals surface area contributed by atoms with Crippen LogP contribution in [-0.2, 0) is 15.0 Å². The second kappa shape index (κ2) is 5.66. The van der Waals surface area contributed by atoms with Crippen LogP contribution in [0, 0.1) is 0 Å². The third-order valence-electron chi connectivity index (χ3n) is 2.83. The van der Waals surface area contributed by atoms with E-state index in [4.69, 9.17) is 4.74 Å². The van der Waals surface area contributed by atoms with Gasteiger partial charge in [-0.25, -0.2) is 0 Å². The number of morpholine rings is 1. The Kier molecular flexibility index (Phi) is 4.16. The predicted octanol–water partition coefficient (Wildman–Crippen LogP) is 0.827. The number of amides is 1. The van der Waals surface area contributed by atoms with Gasteiger partial charge >= 0.3 is 10.2 Å². The van der Waals surface area contributed by atoms with Gasteiger partial charge in [0.25, 0.3) is 5.91 Å². The van der Waals surface area contributed by atoms with Gasteiger partial charge in [0.2, 0.25) is 0 Å². The van der Waals surface area contributed by atoms with Crippen LogP contribution in [0.4, 0.5) is 3.89 Å². The van der Waals surface area contributed by atoms with Crippen LogP contribution in [-0.4, -0.2) is 50.8 Å². The fourth-order valence-electron chi connectivity index (χ4n) is 1.99. The number of ether oxygens (including phenoxy) is 1. The molecule has 1 atom stereocenters. The van der Waals surface area contributed by atoms with Crippen LogP contribution in [0.3, 0.4) is 0 Å². The zero-order chi connectivity index (χ0) is 13.9. The highest BCUT2D eigenvalue weighted by molar-refractivity contribution is 7.86. The first kappa shape index (κ1) is 14.0. The summed E-state index contributed by atoms with van der Waals surface area (Å²) in [5, 5.41) is 0. The topological polar surface area (TPSA) is 63.7 Å². The highest BCUT2D eigenvalue weighted by Crippen LogP contribution is 2.12. The summed E-state index contributed by atoms with van der Waals surface area (Å²) in [6.07, 6.45) is -0.809. The van der Waals surface area contributed by atoms with Gasteiger partial charge in [-0.15, -0.1) is 3.89 Å². The van der Waals surface area contributed by atoms with Gasteiger partial charge in [-0.2, -0.15) is 8.42 Å². The van der Waals surface area contributed by atoms with E-state index in [0.717, 1.165) is 0 Å². The zero-order valence-corrected chi connectivity index (χ0v) is 11.0.